The highest BCUT2D eigenvalue weighted by Gasteiger charge is 2.19. The van der Waals surface area contributed by atoms with E-state index in [2.05, 4.69) is 29.7 Å². The number of methoxy groups -OCH3 is 1. The van der Waals surface area contributed by atoms with E-state index in [4.69, 9.17) is 4.74 Å². The lowest BCUT2D eigenvalue weighted by Gasteiger charge is -2.25. The lowest BCUT2D eigenvalue weighted by molar-refractivity contribution is 0.230. The van der Waals surface area contributed by atoms with Crippen LogP contribution >= 0.6 is 0 Å². The highest BCUT2D eigenvalue weighted by Crippen LogP contribution is 2.32. The van der Waals surface area contributed by atoms with Crippen molar-refractivity contribution in [2.45, 2.75) is 39.3 Å². The van der Waals surface area contributed by atoms with Crippen LogP contribution in [0.2, 0.25) is 0 Å². The van der Waals surface area contributed by atoms with Crippen LogP contribution in [0.1, 0.15) is 33.9 Å². The molecule has 0 radical (unpaired) electrons. The molecule has 0 bridgehead atoms. The second-order valence-electron chi connectivity index (χ2n) is 9.87. The Morgan fingerprint density at radius 1 is 0.537 bits per heavy atom. The molecule has 0 aliphatic carbocycles. The van der Waals surface area contributed by atoms with Crippen molar-refractivity contribution in [1.29, 1.82) is 0 Å². The van der Waals surface area contributed by atoms with Gasteiger partial charge in [-0.2, -0.15) is 0 Å². The zero-order chi connectivity index (χ0) is 28.3. The van der Waals surface area contributed by atoms with Gasteiger partial charge in [0.15, 0.2) is 0 Å². The van der Waals surface area contributed by atoms with Crippen molar-refractivity contribution in [2.75, 3.05) is 7.11 Å². The quantitative estimate of drug-likeness (QED) is 0.211. The summed E-state index contributed by atoms with van der Waals surface area (Å²) in [6.07, 6.45) is 7.20. The maximum absolute atomic E-state index is 11.6. The van der Waals surface area contributed by atoms with Gasteiger partial charge in [-0.1, -0.05) is 24.3 Å². The van der Waals surface area contributed by atoms with Crippen molar-refractivity contribution < 1.29 is 9.84 Å². The maximum atomic E-state index is 11.6. The zero-order valence-electron chi connectivity index (χ0n) is 23.2. The van der Waals surface area contributed by atoms with Gasteiger partial charge in [0.1, 0.15) is 11.5 Å². The molecule has 1 N–H and O–H groups in total. The summed E-state index contributed by atoms with van der Waals surface area (Å²) in [7, 11) is 1.65. The van der Waals surface area contributed by atoms with Crippen molar-refractivity contribution in [3.8, 4) is 11.5 Å². The second-order valence-corrected chi connectivity index (χ2v) is 9.87. The molecule has 0 unspecified atom stereocenters. The topological polar surface area (TPSA) is 87.5 Å². The first-order valence-corrected chi connectivity index (χ1v) is 13.6. The van der Waals surface area contributed by atoms with Gasteiger partial charge in [-0.15, -0.1) is 0 Å². The minimum absolute atomic E-state index is 0.255. The fourth-order valence-electron chi connectivity index (χ4n) is 4.79. The number of phenolic OH excluding ortho intramolecular Hbond substituents is 1. The number of phenols is 1. The van der Waals surface area contributed by atoms with Gasteiger partial charge < -0.3 is 9.84 Å². The molecule has 0 amide bonds. The zero-order valence-corrected chi connectivity index (χ0v) is 23.2. The Morgan fingerprint density at radius 3 is 1.15 bits per heavy atom. The Kier molecular flexibility index (Phi) is 9.60. The van der Waals surface area contributed by atoms with Gasteiger partial charge in [-0.3, -0.25) is 29.7 Å². The third kappa shape index (κ3) is 8.17. The molecule has 41 heavy (non-hydrogen) atoms. The Morgan fingerprint density at radius 2 is 0.878 bits per heavy atom. The second kappa shape index (κ2) is 14.1. The monoisotopic (exact) mass is 546 g/mol. The summed E-state index contributed by atoms with van der Waals surface area (Å²) in [6, 6.07) is 27.4. The van der Waals surface area contributed by atoms with E-state index in [0.717, 1.165) is 33.9 Å². The van der Waals surface area contributed by atoms with Crippen molar-refractivity contribution in [3.63, 3.8) is 0 Å². The third-order valence-electron chi connectivity index (χ3n) is 6.71. The number of rotatable bonds is 13. The molecule has 208 valence electrons. The highest BCUT2D eigenvalue weighted by molar-refractivity contribution is 5.46. The fourth-order valence-corrected chi connectivity index (χ4v) is 4.79. The molecule has 0 saturated heterocycles. The lowest BCUT2D eigenvalue weighted by Crippen LogP contribution is -2.25. The number of hydrogen-bond donors (Lipinski definition) is 1. The standard InChI is InChI=1S/C33H34N6O2/c1-41-32-18-26(20-38(22-28-10-2-6-14-34-28)23-29-11-3-7-15-35-29)33(40)27(19-32)21-39(24-30-12-4-8-16-36-30)25-31-13-5-9-17-37-31/h2-19,40H,20-25H2,1H3. The normalized spacial score (nSPS) is 11.2. The van der Waals surface area contributed by atoms with Gasteiger partial charge in [0.25, 0.3) is 0 Å². The van der Waals surface area contributed by atoms with Gasteiger partial charge in [-0.05, 0) is 60.7 Å². The van der Waals surface area contributed by atoms with Crippen molar-refractivity contribution in [1.82, 2.24) is 29.7 Å². The molecule has 4 aromatic heterocycles. The molecule has 0 fully saturated rings. The van der Waals surface area contributed by atoms with Crippen LogP contribution in [-0.4, -0.2) is 42.0 Å². The molecule has 5 rings (SSSR count). The van der Waals surface area contributed by atoms with Gasteiger partial charge in [-0.25, -0.2) is 0 Å². The highest BCUT2D eigenvalue weighted by atomic mass is 16.5. The molecular formula is C33H34N6O2. The maximum Gasteiger partial charge on any atom is 0.124 e. The van der Waals surface area contributed by atoms with E-state index in [9.17, 15) is 5.11 Å². The number of nitrogens with zero attached hydrogens (tertiary/aromatic N) is 6. The number of benzene rings is 1. The van der Waals surface area contributed by atoms with Gasteiger partial charge >= 0.3 is 0 Å². The first kappa shape index (κ1) is 27.9. The van der Waals surface area contributed by atoms with Crippen LogP contribution < -0.4 is 4.74 Å². The molecule has 8 heteroatoms. The van der Waals surface area contributed by atoms with E-state index < -0.39 is 0 Å². The molecule has 0 atom stereocenters. The molecule has 0 spiro atoms. The van der Waals surface area contributed by atoms with Gasteiger partial charge in [0, 0.05) is 75.2 Å². The molecule has 5 aromatic rings. The Hall–Kier alpha value is -4.66. The van der Waals surface area contributed by atoms with E-state index in [1.165, 1.54) is 0 Å². The minimum Gasteiger partial charge on any atom is -0.507 e. The number of aromatic hydroxyl groups is 1. The Labute approximate surface area is 241 Å². The van der Waals surface area contributed by atoms with Crippen LogP contribution in [0.3, 0.4) is 0 Å². The van der Waals surface area contributed by atoms with Crippen molar-refractivity contribution >= 4 is 0 Å². The van der Waals surface area contributed by atoms with Crippen LogP contribution in [0.25, 0.3) is 0 Å². The molecule has 0 aliphatic heterocycles. The van der Waals surface area contributed by atoms with Gasteiger partial charge in [0.2, 0.25) is 0 Å². The summed E-state index contributed by atoms with van der Waals surface area (Å²) < 4.78 is 5.69. The van der Waals surface area contributed by atoms with Crippen LogP contribution in [-0.2, 0) is 39.3 Å². The Balaban J connectivity index is 1.43. The van der Waals surface area contributed by atoms with Crippen LogP contribution in [0.4, 0.5) is 0 Å². The van der Waals surface area contributed by atoms with E-state index in [1.54, 1.807) is 31.9 Å². The lowest BCUT2D eigenvalue weighted by atomic mass is 10.1. The van der Waals surface area contributed by atoms with Crippen LogP contribution in [0, 0.1) is 0 Å². The molecule has 1 aromatic carbocycles. The third-order valence-corrected chi connectivity index (χ3v) is 6.71. The molecule has 4 heterocycles. The predicted octanol–water partition coefficient (Wildman–Crippen LogP) is 5.39. The number of ether oxygens (including phenoxy) is 1. The van der Waals surface area contributed by atoms with E-state index in [-0.39, 0.29) is 5.75 Å². The van der Waals surface area contributed by atoms with Crippen LogP contribution in [0.5, 0.6) is 11.5 Å². The summed E-state index contributed by atoms with van der Waals surface area (Å²) >= 11 is 0. The van der Waals surface area contributed by atoms with E-state index in [1.807, 2.05) is 84.9 Å². The molecular weight excluding hydrogens is 512 g/mol. The fraction of sp³-hybridized carbons (Fsp3) is 0.212. The smallest absolute Gasteiger partial charge is 0.124 e. The number of aromatic nitrogens is 4. The molecule has 0 aliphatic rings. The van der Waals surface area contributed by atoms with Crippen LogP contribution in [0.15, 0.2) is 110 Å². The summed E-state index contributed by atoms with van der Waals surface area (Å²) in [5.41, 5.74) is 5.35. The average molecular weight is 547 g/mol. The van der Waals surface area contributed by atoms with Gasteiger partial charge in [0.05, 0.1) is 29.9 Å². The summed E-state index contributed by atoms with van der Waals surface area (Å²) in [6.45, 7) is 3.40. The summed E-state index contributed by atoms with van der Waals surface area (Å²) in [5, 5.41) is 11.6. The predicted molar refractivity (Wildman–Crippen MR) is 158 cm³/mol. The first-order chi connectivity index (χ1) is 20.2. The molecule has 0 saturated carbocycles. The number of pyridine rings is 4. The minimum atomic E-state index is 0.255. The number of hydrogen-bond acceptors (Lipinski definition) is 8. The SMILES string of the molecule is COc1cc(CN(Cc2ccccn2)Cc2ccccn2)c(O)c(CN(Cc2ccccn2)Cc2ccccn2)c1. The first-order valence-electron chi connectivity index (χ1n) is 13.6. The summed E-state index contributed by atoms with van der Waals surface area (Å²) in [5.74, 6) is 0.948. The van der Waals surface area contributed by atoms with E-state index >= 15 is 0 Å². The van der Waals surface area contributed by atoms with Crippen molar-refractivity contribution in [3.05, 3.63) is 144 Å². The average Bonchev–Trinajstić information content (AvgIpc) is 3.01. The summed E-state index contributed by atoms with van der Waals surface area (Å²) in [4.78, 5) is 22.6. The van der Waals surface area contributed by atoms with E-state index in [0.29, 0.717) is 45.0 Å². The molecule has 8 nitrogen and oxygen atoms in total. The Bertz CT molecular complexity index is 1300. The van der Waals surface area contributed by atoms with Crippen molar-refractivity contribution in [2.24, 2.45) is 0 Å². The largest absolute Gasteiger partial charge is 0.507 e.